The van der Waals surface area contributed by atoms with Crippen LogP contribution in [-0.2, 0) is 10.0 Å². The first-order valence-electron chi connectivity index (χ1n) is 5.92. The predicted molar refractivity (Wildman–Crippen MR) is 81.0 cm³/mol. The van der Waals surface area contributed by atoms with Crippen molar-refractivity contribution in [1.29, 1.82) is 0 Å². The van der Waals surface area contributed by atoms with E-state index in [4.69, 9.17) is 0 Å². The first kappa shape index (κ1) is 16.1. The number of anilines is 2. The molecule has 0 saturated carbocycles. The minimum Gasteiger partial charge on any atom is -0.385 e. The highest BCUT2D eigenvalue weighted by Gasteiger charge is 2.08. The summed E-state index contributed by atoms with van der Waals surface area (Å²) < 4.78 is 37.8. The zero-order valence-electron chi connectivity index (χ0n) is 11.1. The summed E-state index contributed by atoms with van der Waals surface area (Å²) >= 11 is 1.80. The summed E-state index contributed by atoms with van der Waals surface area (Å²) in [4.78, 5) is 0. The van der Waals surface area contributed by atoms with Crippen molar-refractivity contribution in [2.24, 2.45) is 0 Å². The maximum Gasteiger partial charge on any atom is 0.229 e. The van der Waals surface area contributed by atoms with E-state index in [0.29, 0.717) is 5.69 Å². The minimum absolute atomic E-state index is 0.0309. The van der Waals surface area contributed by atoms with E-state index in [1.807, 2.05) is 0 Å². The molecule has 0 radical (unpaired) electrons. The van der Waals surface area contributed by atoms with Gasteiger partial charge in [0.05, 0.1) is 11.9 Å². The second-order valence-electron chi connectivity index (χ2n) is 4.20. The predicted octanol–water partition coefficient (Wildman–Crippen LogP) is 2.75. The molecule has 0 aliphatic heterocycles. The lowest BCUT2D eigenvalue weighted by Gasteiger charge is -2.10. The molecule has 7 heteroatoms. The molecule has 1 aromatic carbocycles. The molecule has 0 bridgehead atoms. The smallest absolute Gasteiger partial charge is 0.229 e. The van der Waals surface area contributed by atoms with Crippen LogP contribution in [-0.4, -0.2) is 33.2 Å². The summed E-state index contributed by atoms with van der Waals surface area (Å²) in [5.74, 6) is 0.532. The molecule has 2 N–H and O–H groups in total. The van der Waals surface area contributed by atoms with E-state index in [1.54, 1.807) is 17.8 Å². The molecule has 1 aromatic rings. The van der Waals surface area contributed by atoms with Crippen LogP contribution in [0.5, 0.6) is 0 Å². The maximum absolute atomic E-state index is 13.4. The Balaban J connectivity index is 2.58. The quantitative estimate of drug-likeness (QED) is 0.725. The fourth-order valence-corrected chi connectivity index (χ4v) is 2.57. The summed E-state index contributed by atoms with van der Waals surface area (Å²) in [5, 5.41) is 3.15. The largest absolute Gasteiger partial charge is 0.385 e. The summed E-state index contributed by atoms with van der Waals surface area (Å²) in [6.45, 7) is 0.782. The number of unbranched alkanes of at least 4 members (excludes halogenated alkanes) is 1. The van der Waals surface area contributed by atoms with Crippen molar-refractivity contribution in [2.75, 3.05) is 34.8 Å². The van der Waals surface area contributed by atoms with Crippen molar-refractivity contribution < 1.29 is 12.8 Å². The summed E-state index contributed by atoms with van der Waals surface area (Å²) in [7, 11) is -3.47. The van der Waals surface area contributed by atoms with Crippen LogP contribution in [0.3, 0.4) is 0 Å². The van der Waals surface area contributed by atoms with Crippen LogP contribution < -0.4 is 10.0 Å². The maximum atomic E-state index is 13.4. The monoisotopic (exact) mass is 306 g/mol. The van der Waals surface area contributed by atoms with Crippen LogP contribution in [0.1, 0.15) is 12.8 Å². The van der Waals surface area contributed by atoms with Gasteiger partial charge in [0.2, 0.25) is 10.0 Å². The average molecular weight is 306 g/mol. The molecular formula is C12H19FN2O2S2. The Morgan fingerprint density at radius 3 is 2.68 bits per heavy atom. The number of thioether (sulfide) groups is 1. The molecule has 1 rings (SSSR count). The van der Waals surface area contributed by atoms with E-state index >= 15 is 0 Å². The van der Waals surface area contributed by atoms with Gasteiger partial charge in [0.25, 0.3) is 0 Å². The zero-order valence-corrected chi connectivity index (χ0v) is 12.7. The Labute approximate surface area is 118 Å². The second kappa shape index (κ2) is 7.59. The minimum atomic E-state index is -3.47. The number of hydrogen-bond acceptors (Lipinski definition) is 4. The second-order valence-corrected chi connectivity index (χ2v) is 6.93. The van der Waals surface area contributed by atoms with E-state index in [2.05, 4.69) is 16.3 Å². The van der Waals surface area contributed by atoms with Crippen molar-refractivity contribution in [3.63, 3.8) is 0 Å². The van der Waals surface area contributed by atoms with Crippen molar-refractivity contribution in [3.05, 3.63) is 24.0 Å². The molecule has 0 saturated heterocycles. The lowest BCUT2D eigenvalue weighted by atomic mass is 10.2. The molecule has 4 nitrogen and oxygen atoms in total. The van der Waals surface area contributed by atoms with Gasteiger partial charge in [-0.05, 0) is 43.0 Å². The van der Waals surface area contributed by atoms with Gasteiger partial charge in [-0.15, -0.1) is 0 Å². The third-order valence-electron chi connectivity index (χ3n) is 2.37. The van der Waals surface area contributed by atoms with Gasteiger partial charge in [0.15, 0.2) is 0 Å². The van der Waals surface area contributed by atoms with Crippen LogP contribution in [0.15, 0.2) is 18.2 Å². The van der Waals surface area contributed by atoms with Crippen molar-refractivity contribution in [1.82, 2.24) is 0 Å². The van der Waals surface area contributed by atoms with Crippen LogP contribution in [0.2, 0.25) is 0 Å². The Kier molecular flexibility index (Phi) is 6.44. The Morgan fingerprint density at radius 1 is 1.32 bits per heavy atom. The number of hydrogen-bond donors (Lipinski definition) is 2. The molecule has 0 spiro atoms. The van der Waals surface area contributed by atoms with E-state index in [1.165, 1.54) is 12.1 Å². The van der Waals surface area contributed by atoms with Crippen LogP contribution in [0.25, 0.3) is 0 Å². The third-order valence-corrected chi connectivity index (χ3v) is 3.65. The van der Waals surface area contributed by atoms with Gasteiger partial charge in [-0.25, -0.2) is 12.8 Å². The average Bonchev–Trinajstić information content (AvgIpc) is 2.31. The molecular weight excluding hydrogens is 287 g/mol. The van der Waals surface area contributed by atoms with Crippen molar-refractivity contribution in [2.45, 2.75) is 12.8 Å². The molecule has 0 aliphatic carbocycles. The summed E-state index contributed by atoms with van der Waals surface area (Å²) in [6, 6.07) is 4.31. The van der Waals surface area contributed by atoms with Gasteiger partial charge in [0.1, 0.15) is 5.82 Å². The van der Waals surface area contributed by atoms with Gasteiger partial charge in [-0.1, -0.05) is 0 Å². The topological polar surface area (TPSA) is 58.2 Å². The molecule has 0 unspecified atom stereocenters. The highest BCUT2D eigenvalue weighted by atomic mass is 32.2. The third kappa shape index (κ3) is 6.68. The number of sulfonamides is 1. The SMILES string of the molecule is CSCCCCNc1ccc(F)c(NS(C)(=O)=O)c1. The fourth-order valence-electron chi connectivity index (χ4n) is 1.52. The Bertz CT molecular complexity index is 506. The standard InChI is InChI=1S/C12H19FN2O2S2/c1-18-8-4-3-7-14-10-5-6-11(13)12(9-10)15-19(2,16)17/h5-6,9,14-15H,3-4,7-8H2,1-2H3. The highest BCUT2D eigenvalue weighted by Crippen LogP contribution is 2.20. The van der Waals surface area contributed by atoms with Gasteiger partial charge in [-0.3, -0.25) is 4.72 Å². The van der Waals surface area contributed by atoms with Crippen molar-refractivity contribution in [3.8, 4) is 0 Å². The fraction of sp³-hybridized carbons (Fsp3) is 0.500. The van der Waals surface area contributed by atoms with Gasteiger partial charge >= 0.3 is 0 Å². The number of halogens is 1. The number of rotatable bonds is 8. The molecule has 108 valence electrons. The molecule has 0 aromatic heterocycles. The van der Waals surface area contributed by atoms with E-state index in [9.17, 15) is 12.8 Å². The van der Waals surface area contributed by atoms with E-state index < -0.39 is 15.8 Å². The first-order chi connectivity index (χ1) is 8.92. The lowest BCUT2D eigenvalue weighted by molar-refractivity contribution is 0.604. The van der Waals surface area contributed by atoms with Gasteiger partial charge < -0.3 is 5.32 Å². The molecule has 0 atom stereocenters. The van der Waals surface area contributed by atoms with Crippen molar-refractivity contribution >= 4 is 33.2 Å². The Morgan fingerprint density at radius 2 is 2.05 bits per heavy atom. The summed E-state index contributed by atoms with van der Waals surface area (Å²) in [5.41, 5.74) is 0.674. The van der Waals surface area contributed by atoms with Gasteiger partial charge in [-0.2, -0.15) is 11.8 Å². The zero-order chi connectivity index (χ0) is 14.3. The van der Waals surface area contributed by atoms with Crippen LogP contribution in [0, 0.1) is 5.82 Å². The lowest BCUT2D eigenvalue weighted by Crippen LogP contribution is -2.11. The molecule has 19 heavy (non-hydrogen) atoms. The summed E-state index contributed by atoms with van der Waals surface area (Å²) in [6.07, 6.45) is 5.20. The molecule has 0 aliphatic rings. The normalized spacial score (nSPS) is 11.3. The van der Waals surface area contributed by atoms with Crippen LogP contribution >= 0.6 is 11.8 Å². The number of benzene rings is 1. The Hall–Kier alpha value is -0.950. The van der Waals surface area contributed by atoms with Gasteiger partial charge in [0, 0.05) is 12.2 Å². The highest BCUT2D eigenvalue weighted by molar-refractivity contribution is 7.98. The van der Waals surface area contributed by atoms with E-state index in [0.717, 1.165) is 31.4 Å². The molecule has 0 amide bonds. The first-order valence-corrected chi connectivity index (χ1v) is 9.21. The number of nitrogens with one attached hydrogen (secondary N) is 2. The molecule has 0 fully saturated rings. The van der Waals surface area contributed by atoms with Crippen LogP contribution in [0.4, 0.5) is 15.8 Å². The molecule has 0 heterocycles. The van der Waals surface area contributed by atoms with E-state index in [-0.39, 0.29) is 5.69 Å².